The normalized spacial score (nSPS) is 12.3. The first-order valence-corrected chi connectivity index (χ1v) is 9.15. The number of nitrogens with zero attached hydrogens (tertiary/aromatic N) is 1. The first-order valence-electron chi connectivity index (χ1n) is 9.15. The Labute approximate surface area is 159 Å². The van der Waals surface area contributed by atoms with E-state index in [-0.39, 0.29) is 5.43 Å². The summed E-state index contributed by atoms with van der Waals surface area (Å²) in [6.07, 6.45) is 1.56. The molecular weight excluding hydrogens is 338 g/mol. The Morgan fingerprint density at radius 2 is 1.70 bits per heavy atom. The quantitative estimate of drug-likeness (QED) is 0.705. The molecule has 0 atom stereocenters. The number of methoxy groups -OCH3 is 2. The Hall–Kier alpha value is -3.01. The summed E-state index contributed by atoms with van der Waals surface area (Å²) >= 11 is 0. The number of fused-ring (bicyclic) bond motifs is 3. The summed E-state index contributed by atoms with van der Waals surface area (Å²) < 4.78 is 13.2. The fourth-order valence-corrected chi connectivity index (χ4v) is 3.94. The van der Waals surface area contributed by atoms with Crippen molar-refractivity contribution in [2.75, 3.05) is 14.2 Å². The molecule has 0 spiro atoms. The third-order valence-corrected chi connectivity index (χ3v) is 5.41. The number of aromatic nitrogens is 1. The summed E-state index contributed by atoms with van der Waals surface area (Å²) in [4.78, 5) is 12.9. The maximum absolute atomic E-state index is 12.9. The van der Waals surface area contributed by atoms with E-state index in [1.54, 1.807) is 20.3 Å². The van der Waals surface area contributed by atoms with Gasteiger partial charge >= 0.3 is 0 Å². The predicted molar refractivity (Wildman–Crippen MR) is 107 cm³/mol. The molecular formula is C23H23NO3. The van der Waals surface area contributed by atoms with Gasteiger partial charge < -0.3 is 14.0 Å². The first kappa shape index (κ1) is 17.4. The highest BCUT2D eigenvalue weighted by molar-refractivity contribution is 5.71. The zero-order valence-corrected chi connectivity index (χ0v) is 15.9. The lowest BCUT2D eigenvalue weighted by Crippen LogP contribution is -2.23. The average molecular weight is 361 g/mol. The molecule has 0 radical (unpaired) electrons. The summed E-state index contributed by atoms with van der Waals surface area (Å²) in [6, 6.07) is 15.9. The molecule has 2 heterocycles. The molecule has 0 N–H and O–H groups in total. The summed E-state index contributed by atoms with van der Waals surface area (Å²) in [5.74, 6) is 1.41. The van der Waals surface area contributed by atoms with E-state index >= 15 is 0 Å². The lowest BCUT2D eigenvalue weighted by atomic mass is 9.94. The fraction of sp³-hybridized carbons (Fsp3) is 0.261. The summed E-state index contributed by atoms with van der Waals surface area (Å²) in [5.41, 5.74) is 6.34. The molecule has 0 aliphatic carbocycles. The van der Waals surface area contributed by atoms with Crippen molar-refractivity contribution < 1.29 is 9.47 Å². The van der Waals surface area contributed by atoms with Crippen molar-refractivity contribution >= 4 is 0 Å². The van der Waals surface area contributed by atoms with Crippen molar-refractivity contribution in [1.82, 2.24) is 4.57 Å². The van der Waals surface area contributed by atoms with Crippen LogP contribution in [0.1, 0.15) is 22.4 Å². The second kappa shape index (κ2) is 6.95. The molecule has 1 aromatic heterocycles. The van der Waals surface area contributed by atoms with Crippen LogP contribution in [-0.2, 0) is 19.4 Å². The first-order chi connectivity index (χ1) is 13.1. The van der Waals surface area contributed by atoms with Crippen molar-refractivity contribution in [1.29, 1.82) is 0 Å². The van der Waals surface area contributed by atoms with E-state index in [0.29, 0.717) is 12.2 Å². The number of ether oxygens (including phenoxy) is 2. The van der Waals surface area contributed by atoms with Crippen LogP contribution < -0.4 is 14.9 Å². The molecule has 2 aromatic carbocycles. The van der Waals surface area contributed by atoms with E-state index in [2.05, 4.69) is 23.6 Å². The Kier molecular flexibility index (Phi) is 4.48. The summed E-state index contributed by atoms with van der Waals surface area (Å²) in [7, 11) is 3.28. The van der Waals surface area contributed by atoms with Gasteiger partial charge in [-0.2, -0.15) is 0 Å². The minimum atomic E-state index is 0.0882. The van der Waals surface area contributed by atoms with Crippen molar-refractivity contribution in [3.05, 3.63) is 81.1 Å². The second-order valence-corrected chi connectivity index (χ2v) is 6.89. The minimum Gasteiger partial charge on any atom is -0.493 e. The monoisotopic (exact) mass is 361 g/mol. The van der Waals surface area contributed by atoms with E-state index < -0.39 is 0 Å². The minimum absolute atomic E-state index is 0.0882. The van der Waals surface area contributed by atoms with Gasteiger partial charge in [0.1, 0.15) is 0 Å². The third-order valence-electron chi connectivity index (χ3n) is 5.41. The van der Waals surface area contributed by atoms with Gasteiger partial charge in [0.25, 0.3) is 0 Å². The maximum Gasteiger partial charge on any atom is 0.185 e. The number of hydrogen-bond donors (Lipinski definition) is 0. The van der Waals surface area contributed by atoms with Crippen molar-refractivity contribution in [2.24, 2.45) is 0 Å². The van der Waals surface area contributed by atoms with Gasteiger partial charge in [0.15, 0.2) is 16.9 Å². The smallest absolute Gasteiger partial charge is 0.185 e. The van der Waals surface area contributed by atoms with Gasteiger partial charge in [-0.25, -0.2) is 0 Å². The Bertz CT molecular complexity index is 1050. The highest BCUT2D eigenvalue weighted by atomic mass is 16.5. The molecule has 4 nitrogen and oxygen atoms in total. The van der Waals surface area contributed by atoms with Crippen molar-refractivity contribution in [2.45, 2.75) is 26.3 Å². The van der Waals surface area contributed by atoms with E-state index in [1.165, 1.54) is 5.56 Å². The van der Waals surface area contributed by atoms with Gasteiger partial charge in [0.2, 0.25) is 0 Å². The van der Waals surface area contributed by atoms with Gasteiger partial charge in [-0.05, 0) is 36.6 Å². The molecule has 0 fully saturated rings. The largest absolute Gasteiger partial charge is 0.493 e. The molecule has 4 heteroatoms. The topological polar surface area (TPSA) is 40.5 Å². The molecule has 0 unspecified atom stereocenters. The van der Waals surface area contributed by atoms with Crippen LogP contribution in [0.25, 0.3) is 11.3 Å². The SMILES string of the molecule is COc1cc2c(cc1OC)-c1cc(=O)c(Cc3ccccc3)c(C)n1CC2. The zero-order valence-electron chi connectivity index (χ0n) is 15.9. The van der Waals surface area contributed by atoms with E-state index in [9.17, 15) is 4.79 Å². The Balaban J connectivity index is 1.84. The molecule has 0 saturated heterocycles. The number of hydrogen-bond acceptors (Lipinski definition) is 3. The zero-order chi connectivity index (χ0) is 19.0. The van der Waals surface area contributed by atoms with Crippen LogP contribution in [0.15, 0.2) is 53.3 Å². The Morgan fingerprint density at radius 3 is 2.41 bits per heavy atom. The number of aryl methyl sites for hydroxylation is 1. The predicted octanol–water partition coefficient (Wildman–Crippen LogP) is 3.99. The van der Waals surface area contributed by atoms with E-state index in [4.69, 9.17) is 9.47 Å². The van der Waals surface area contributed by atoms with Crippen LogP contribution in [0, 0.1) is 6.92 Å². The molecule has 1 aliphatic heterocycles. The van der Waals surface area contributed by atoms with Gasteiger partial charge in [0, 0.05) is 35.9 Å². The molecule has 0 saturated carbocycles. The molecule has 0 bridgehead atoms. The lowest BCUT2D eigenvalue weighted by Gasteiger charge is -2.27. The second-order valence-electron chi connectivity index (χ2n) is 6.89. The number of benzene rings is 2. The van der Waals surface area contributed by atoms with Crippen LogP contribution in [0.3, 0.4) is 0 Å². The van der Waals surface area contributed by atoms with Crippen molar-refractivity contribution in [3.8, 4) is 22.8 Å². The van der Waals surface area contributed by atoms with Crippen LogP contribution in [-0.4, -0.2) is 18.8 Å². The molecule has 1 aliphatic rings. The van der Waals surface area contributed by atoms with E-state index in [1.807, 2.05) is 30.3 Å². The van der Waals surface area contributed by atoms with Crippen LogP contribution in [0.2, 0.25) is 0 Å². The fourth-order valence-electron chi connectivity index (χ4n) is 3.94. The highest BCUT2D eigenvalue weighted by Crippen LogP contribution is 2.38. The molecule has 4 rings (SSSR count). The van der Waals surface area contributed by atoms with Gasteiger partial charge in [-0.3, -0.25) is 4.79 Å². The number of pyridine rings is 1. The summed E-state index contributed by atoms with van der Waals surface area (Å²) in [5, 5.41) is 0. The average Bonchev–Trinajstić information content (AvgIpc) is 2.70. The highest BCUT2D eigenvalue weighted by Gasteiger charge is 2.22. The number of rotatable bonds is 4. The van der Waals surface area contributed by atoms with Gasteiger partial charge in [-0.1, -0.05) is 30.3 Å². The van der Waals surface area contributed by atoms with Crippen LogP contribution >= 0.6 is 0 Å². The Morgan fingerprint density at radius 1 is 1.00 bits per heavy atom. The lowest BCUT2D eigenvalue weighted by molar-refractivity contribution is 0.354. The van der Waals surface area contributed by atoms with Crippen LogP contribution in [0.5, 0.6) is 11.5 Å². The van der Waals surface area contributed by atoms with Gasteiger partial charge in [-0.15, -0.1) is 0 Å². The summed E-state index contributed by atoms with van der Waals surface area (Å²) in [6.45, 7) is 2.90. The van der Waals surface area contributed by atoms with E-state index in [0.717, 1.165) is 46.8 Å². The maximum atomic E-state index is 12.9. The molecule has 138 valence electrons. The molecule has 0 amide bonds. The standard InChI is InChI=1S/C23H23NO3/c1-15-18(11-16-7-5-4-6-8-16)21(25)14-20-19-13-23(27-3)22(26-2)12-17(19)9-10-24(15)20/h4-8,12-14H,9-11H2,1-3H3. The van der Waals surface area contributed by atoms with Crippen molar-refractivity contribution in [3.63, 3.8) is 0 Å². The third kappa shape index (κ3) is 3.01. The molecule has 3 aromatic rings. The molecule has 27 heavy (non-hydrogen) atoms. The van der Waals surface area contributed by atoms with Gasteiger partial charge in [0.05, 0.1) is 19.9 Å². The van der Waals surface area contributed by atoms with Crippen LogP contribution in [0.4, 0.5) is 0 Å².